The van der Waals surface area contributed by atoms with Crippen LogP contribution in [0.25, 0.3) is 22.8 Å². The molecule has 0 aliphatic heterocycles. The molecule has 1 N–H and O–H groups in total. The number of nitrogens with one attached hydrogen (secondary N) is 1. The van der Waals surface area contributed by atoms with Crippen molar-refractivity contribution in [3.05, 3.63) is 42.1 Å². The van der Waals surface area contributed by atoms with Crippen molar-refractivity contribution in [3.63, 3.8) is 0 Å². The van der Waals surface area contributed by atoms with Crippen molar-refractivity contribution in [3.8, 4) is 28.6 Å². The van der Waals surface area contributed by atoms with Crippen molar-refractivity contribution in [2.75, 3.05) is 19.0 Å². The Labute approximate surface area is 147 Å². The van der Waals surface area contributed by atoms with Gasteiger partial charge in [-0.1, -0.05) is 5.16 Å². The molecule has 0 bridgehead atoms. The summed E-state index contributed by atoms with van der Waals surface area (Å²) >= 11 is 0. The fraction of sp³-hybridized carbons (Fsp3) is 0.235. The summed E-state index contributed by atoms with van der Waals surface area (Å²) in [6.45, 7) is 1.74. The van der Waals surface area contributed by atoms with Crippen LogP contribution >= 0.6 is 0 Å². The van der Waals surface area contributed by atoms with Crippen LogP contribution in [0.4, 0.5) is 19.0 Å². The second-order valence-electron chi connectivity index (χ2n) is 5.21. The molecule has 3 aromatic rings. The topological polar surface area (TPSA) is 73.1 Å². The monoisotopic (exact) mass is 364 g/mol. The van der Waals surface area contributed by atoms with E-state index in [9.17, 15) is 13.2 Å². The molecule has 136 valence electrons. The highest BCUT2D eigenvalue weighted by Gasteiger charge is 2.35. The molecule has 2 aromatic heterocycles. The largest absolute Gasteiger partial charge is 0.493 e. The van der Waals surface area contributed by atoms with Gasteiger partial charge in [-0.05, 0) is 37.3 Å². The molecule has 0 aliphatic rings. The molecule has 0 saturated carbocycles. The van der Waals surface area contributed by atoms with E-state index in [-0.39, 0.29) is 29.6 Å². The first-order valence-corrected chi connectivity index (χ1v) is 7.75. The van der Waals surface area contributed by atoms with Crippen LogP contribution in [0.5, 0.6) is 5.75 Å². The number of alkyl halides is 3. The van der Waals surface area contributed by atoms with Crippen LogP contribution in [0, 0.1) is 0 Å². The number of anilines is 1. The summed E-state index contributed by atoms with van der Waals surface area (Å²) in [6.07, 6.45) is -2.97. The molecule has 26 heavy (non-hydrogen) atoms. The van der Waals surface area contributed by atoms with Gasteiger partial charge < -0.3 is 14.6 Å². The van der Waals surface area contributed by atoms with Crippen LogP contribution in [0.1, 0.15) is 12.5 Å². The highest BCUT2D eigenvalue weighted by Crippen LogP contribution is 2.39. The van der Waals surface area contributed by atoms with Crippen LogP contribution in [0.15, 0.2) is 41.1 Å². The molecule has 0 radical (unpaired) electrons. The van der Waals surface area contributed by atoms with Crippen molar-refractivity contribution >= 4 is 5.82 Å². The van der Waals surface area contributed by atoms with Gasteiger partial charge in [0, 0.05) is 18.8 Å². The fourth-order valence-corrected chi connectivity index (χ4v) is 2.40. The average molecular weight is 364 g/mol. The zero-order chi connectivity index (χ0) is 18.7. The van der Waals surface area contributed by atoms with Crippen LogP contribution in [-0.2, 0) is 6.18 Å². The van der Waals surface area contributed by atoms with E-state index in [1.54, 1.807) is 32.3 Å². The van der Waals surface area contributed by atoms with Gasteiger partial charge in [-0.25, -0.2) is 4.98 Å². The highest BCUT2D eigenvalue weighted by atomic mass is 19.4. The lowest BCUT2D eigenvalue weighted by Gasteiger charge is -2.13. The SMILES string of the molecule is CCOc1ccc(-c2nc(-c3cccnc3NC)no2)cc1C(F)(F)F. The Morgan fingerprint density at radius 2 is 2.04 bits per heavy atom. The highest BCUT2D eigenvalue weighted by molar-refractivity contribution is 5.70. The first-order chi connectivity index (χ1) is 12.4. The zero-order valence-electron chi connectivity index (χ0n) is 14.0. The third-order valence-electron chi connectivity index (χ3n) is 3.54. The number of hydrogen-bond acceptors (Lipinski definition) is 6. The molecule has 9 heteroatoms. The van der Waals surface area contributed by atoms with Gasteiger partial charge in [0.15, 0.2) is 0 Å². The number of pyridine rings is 1. The van der Waals surface area contributed by atoms with Gasteiger partial charge in [-0.15, -0.1) is 0 Å². The molecule has 0 spiro atoms. The van der Waals surface area contributed by atoms with Crippen molar-refractivity contribution in [1.82, 2.24) is 15.1 Å². The van der Waals surface area contributed by atoms with E-state index in [1.807, 2.05) is 0 Å². The molecular weight excluding hydrogens is 349 g/mol. The lowest BCUT2D eigenvalue weighted by molar-refractivity contribution is -0.138. The number of hydrogen-bond donors (Lipinski definition) is 1. The van der Waals surface area contributed by atoms with E-state index >= 15 is 0 Å². The zero-order valence-corrected chi connectivity index (χ0v) is 14.0. The normalized spacial score (nSPS) is 11.4. The van der Waals surface area contributed by atoms with Gasteiger partial charge in [0.25, 0.3) is 5.89 Å². The molecule has 2 heterocycles. The Hall–Kier alpha value is -3.10. The summed E-state index contributed by atoms with van der Waals surface area (Å²) in [5.41, 5.74) is -0.171. The first-order valence-electron chi connectivity index (χ1n) is 7.75. The van der Waals surface area contributed by atoms with Crippen LogP contribution < -0.4 is 10.1 Å². The third kappa shape index (κ3) is 3.46. The van der Waals surface area contributed by atoms with E-state index in [1.165, 1.54) is 12.1 Å². The number of ether oxygens (including phenoxy) is 1. The minimum atomic E-state index is -4.56. The minimum absolute atomic E-state index is 0.0283. The summed E-state index contributed by atoms with van der Waals surface area (Å²) in [5.74, 6) is 0.482. The molecule has 0 saturated heterocycles. The summed E-state index contributed by atoms with van der Waals surface area (Å²) in [5, 5.41) is 6.74. The molecule has 0 amide bonds. The first kappa shape index (κ1) is 17.7. The van der Waals surface area contributed by atoms with Crippen LogP contribution in [0.3, 0.4) is 0 Å². The molecule has 1 aromatic carbocycles. The van der Waals surface area contributed by atoms with Gasteiger partial charge in [-0.3, -0.25) is 0 Å². The summed E-state index contributed by atoms with van der Waals surface area (Å²) in [6, 6.07) is 7.05. The Morgan fingerprint density at radius 3 is 2.73 bits per heavy atom. The minimum Gasteiger partial charge on any atom is -0.493 e. The number of rotatable bonds is 5. The van der Waals surface area contributed by atoms with Crippen LogP contribution in [0.2, 0.25) is 0 Å². The molecule has 3 rings (SSSR count). The fourth-order valence-electron chi connectivity index (χ4n) is 2.40. The standard InChI is InChI=1S/C17H15F3N4O2/c1-3-25-13-7-6-10(9-12(13)17(18,19)20)16-23-15(24-26-16)11-5-4-8-22-14(11)21-2/h4-9H,3H2,1-2H3,(H,21,22). The lowest BCUT2D eigenvalue weighted by atomic mass is 10.1. The second-order valence-corrected chi connectivity index (χ2v) is 5.21. The number of aromatic nitrogens is 3. The van der Waals surface area contributed by atoms with E-state index in [0.29, 0.717) is 11.4 Å². The number of nitrogens with zero attached hydrogens (tertiary/aromatic N) is 3. The summed E-state index contributed by atoms with van der Waals surface area (Å²) < 4.78 is 50.0. The molecule has 0 aliphatic carbocycles. The maximum atomic E-state index is 13.3. The quantitative estimate of drug-likeness (QED) is 0.729. The lowest BCUT2D eigenvalue weighted by Crippen LogP contribution is -2.09. The van der Waals surface area contributed by atoms with Crippen molar-refractivity contribution in [2.45, 2.75) is 13.1 Å². The van der Waals surface area contributed by atoms with Gasteiger partial charge in [0.2, 0.25) is 5.82 Å². The Kier molecular flexibility index (Phi) is 4.79. The Bertz CT molecular complexity index is 909. The van der Waals surface area contributed by atoms with Crippen molar-refractivity contribution in [2.24, 2.45) is 0 Å². The van der Waals surface area contributed by atoms with Gasteiger partial charge in [0.05, 0.1) is 17.7 Å². The third-order valence-corrected chi connectivity index (χ3v) is 3.54. The van der Waals surface area contributed by atoms with Gasteiger partial charge >= 0.3 is 6.18 Å². The Morgan fingerprint density at radius 1 is 1.23 bits per heavy atom. The molecule has 0 atom stereocenters. The number of benzene rings is 1. The maximum absolute atomic E-state index is 13.3. The van der Waals surface area contributed by atoms with Gasteiger partial charge in [0.1, 0.15) is 11.6 Å². The van der Waals surface area contributed by atoms with Gasteiger partial charge in [-0.2, -0.15) is 18.2 Å². The Balaban J connectivity index is 2.02. The smallest absolute Gasteiger partial charge is 0.419 e. The molecule has 0 fully saturated rings. The maximum Gasteiger partial charge on any atom is 0.419 e. The van der Waals surface area contributed by atoms with E-state index in [2.05, 4.69) is 20.4 Å². The van der Waals surface area contributed by atoms with E-state index in [0.717, 1.165) is 6.07 Å². The average Bonchev–Trinajstić information content (AvgIpc) is 3.11. The molecule has 0 unspecified atom stereocenters. The van der Waals surface area contributed by atoms with E-state index in [4.69, 9.17) is 9.26 Å². The van der Waals surface area contributed by atoms with Crippen molar-refractivity contribution in [1.29, 1.82) is 0 Å². The predicted molar refractivity (Wildman–Crippen MR) is 88.7 cm³/mol. The van der Waals surface area contributed by atoms with E-state index < -0.39 is 11.7 Å². The summed E-state index contributed by atoms with van der Waals surface area (Å²) in [7, 11) is 1.69. The predicted octanol–water partition coefficient (Wildman–Crippen LogP) is 4.26. The molecular formula is C17H15F3N4O2. The van der Waals surface area contributed by atoms with Crippen molar-refractivity contribution < 1.29 is 22.4 Å². The summed E-state index contributed by atoms with van der Waals surface area (Å²) in [4.78, 5) is 8.33. The second kappa shape index (κ2) is 7.03. The van der Waals surface area contributed by atoms with Crippen LogP contribution in [-0.4, -0.2) is 28.8 Å². The molecule has 6 nitrogen and oxygen atoms in total. The number of halogens is 3.